The summed E-state index contributed by atoms with van der Waals surface area (Å²) in [6.07, 6.45) is 3.30. The molecule has 3 nitrogen and oxygen atoms in total. The van der Waals surface area contributed by atoms with Crippen molar-refractivity contribution in [3.8, 4) is 5.75 Å². The Balaban J connectivity index is 2.36. The summed E-state index contributed by atoms with van der Waals surface area (Å²) in [4.78, 5) is 0. The Kier molecular flexibility index (Phi) is 2.30. The molecular weight excluding hydrogens is 226 g/mol. The molecule has 1 aliphatic heterocycles. The van der Waals surface area contributed by atoms with E-state index >= 15 is 0 Å². The second kappa shape index (κ2) is 3.68. The minimum Gasteiger partial charge on any atom is -0.493 e. The van der Waals surface area contributed by atoms with Crippen molar-refractivity contribution in [1.29, 1.82) is 0 Å². The first-order chi connectivity index (χ1) is 7.83. The molecule has 0 fully saturated rings. The summed E-state index contributed by atoms with van der Waals surface area (Å²) in [7, 11) is 0. The zero-order chi connectivity index (χ0) is 11.1. The van der Waals surface area contributed by atoms with Crippen molar-refractivity contribution >= 4 is 22.6 Å². The maximum Gasteiger partial charge on any atom is 0.153 e. The Morgan fingerprint density at radius 3 is 3.12 bits per heavy atom. The lowest BCUT2D eigenvalue weighted by Crippen LogP contribution is -2.04. The van der Waals surface area contributed by atoms with Crippen molar-refractivity contribution < 1.29 is 9.15 Å². The van der Waals surface area contributed by atoms with Gasteiger partial charge in [-0.1, -0.05) is 11.6 Å². The third-order valence-electron chi connectivity index (χ3n) is 3.00. The van der Waals surface area contributed by atoms with Gasteiger partial charge >= 0.3 is 0 Å². The summed E-state index contributed by atoms with van der Waals surface area (Å²) in [6.45, 7) is 1.29. The molecule has 0 aliphatic carbocycles. The molecule has 2 aromatic rings. The van der Waals surface area contributed by atoms with Gasteiger partial charge in [0.05, 0.1) is 17.9 Å². The highest BCUT2D eigenvalue weighted by atomic mass is 35.5. The van der Waals surface area contributed by atoms with Crippen molar-refractivity contribution in [1.82, 2.24) is 0 Å². The molecule has 0 atom stereocenters. The van der Waals surface area contributed by atoms with E-state index < -0.39 is 0 Å². The Hall–Kier alpha value is -1.19. The lowest BCUT2D eigenvalue weighted by atomic mass is 10.0. The first kappa shape index (κ1) is 10.00. The van der Waals surface area contributed by atoms with E-state index in [1.807, 2.05) is 6.07 Å². The molecule has 2 heterocycles. The fraction of sp³-hybridized carbons (Fsp3) is 0.333. The molecule has 16 heavy (non-hydrogen) atoms. The van der Waals surface area contributed by atoms with Crippen LogP contribution in [0, 0.1) is 0 Å². The summed E-state index contributed by atoms with van der Waals surface area (Å²) >= 11 is 6.30. The third kappa shape index (κ3) is 1.25. The summed E-state index contributed by atoms with van der Waals surface area (Å²) in [6, 6.07) is 1.92. The van der Waals surface area contributed by atoms with E-state index in [-0.39, 0.29) is 0 Å². The largest absolute Gasteiger partial charge is 0.493 e. The van der Waals surface area contributed by atoms with E-state index in [0.29, 0.717) is 18.2 Å². The number of hydrogen-bond donors (Lipinski definition) is 1. The molecular formula is C12H12ClNO2. The van der Waals surface area contributed by atoms with Crippen LogP contribution < -0.4 is 10.5 Å². The summed E-state index contributed by atoms with van der Waals surface area (Å²) in [5.41, 5.74) is 8.58. The van der Waals surface area contributed by atoms with Gasteiger partial charge in [0.2, 0.25) is 0 Å². The number of nitrogens with two attached hydrogens (primary N) is 1. The van der Waals surface area contributed by atoms with Crippen molar-refractivity contribution in [3.63, 3.8) is 0 Å². The van der Waals surface area contributed by atoms with Crippen LogP contribution in [0.4, 0.5) is 0 Å². The predicted octanol–water partition coefficient (Wildman–Crippen LogP) is 2.52. The number of rotatable bonds is 2. The Bertz CT molecular complexity index is 547. The van der Waals surface area contributed by atoms with E-state index in [1.165, 1.54) is 0 Å². The van der Waals surface area contributed by atoms with Gasteiger partial charge in [0.25, 0.3) is 0 Å². The van der Waals surface area contributed by atoms with Crippen LogP contribution in [0.25, 0.3) is 11.0 Å². The number of hydrogen-bond acceptors (Lipinski definition) is 3. The summed E-state index contributed by atoms with van der Waals surface area (Å²) in [5.74, 6) is 0.921. The lowest BCUT2D eigenvalue weighted by Gasteiger charge is -2.09. The number of benzene rings is 1. The number of furan rings is 1. The molecule has 0 amide bonds. The van der Waals surface area contributed by atoms with Gasteiger partial charge in [-0.25, -0.2) is 0 Å². The zero-order valence-electron chi connectivity index (χ0n) is 8.75. The van der Waals surface area contributed by atoms with Crippen molar-refractivity contribution in [2.75, 3.05) is 13.2 Å². The highest BCUT2D eigenvalue weighted by molar-refractivity contribution is 6.36. The molecule has 2 N–H and O–H groups in total. The van der Waals surface area contributed by atoms with E-state index in [0.717, 1.165) is 40.7 Å². The zero-order valence-corrected chi connectivity index (χ0v) is 9.51. The molecule has 1 aromatic carbocycles. The first-order valence-corrected chi connectivity index (χ1v) is 5.74. The minimum absolute atomic E-state index is 0.595. The van der Waals surface area contributed by atoms with E-state index in [9.17, 15) is 0 Å². The second-order valence-corrected chi connectivity index (χ2v) is 4.28. The summed E-state index contributed by atoms with van der Waals surface area (Å²) < 4.78 is 11.1. The van der Waals surface area contributed by atoms with Gasteiger partial charge in [-0.05, 0) is 19.0 Å². The van der Waals surface area contributed by atoms with Gasteiger partial charge < -0.3 is 14.9 Å². The quantitative estimate of drug-likeness (QED) is 0.873. The molecule has 4 heteroatoms. The van der Waals surface area contributed by atoms with Gasteiger partial charge in [-0.2, -0.15) is 0 Å². The third-order valence-corrected chi connectivity index (χ3v) is 3.40. The van der Waals surface area contributed by atoms with E-state index in [2.05, 4.69) is 0 Å². The highest BCUT2D eigenvalue weighted by Crippen LogP contribution is 2.42. The van der Waals surface area contributed by atoms with Crippen LogP contribution in [-0.2, 0) is 12.8 Å². The number of fused-ring (bicyclic) bond motifs is 2. The van der Waals surface area contributed by atoms with E-state index in [1.54, 1.807) is 6.26 Å². The van der Waals surface area contributed by atoms with Gasteiger partial charge in [-0.15, -0.1) is 0 Å². The fourth-order valence-electron chi connectivity index (χ4n) is 2.30. The minimum atomic E-state index is 0.595. The topological polar surface area (TPSA) is 48.4 Å². The monoisotopic (exact) mass is 237 g/mol. The fourth-order valence-corrected chi connectivity index (χ4v) is 2.63. The van der Waals surface area contributed by atoms with Crippen molar-refractivity contribution in [2.45, 2.75) is 12.8 Å². The molecule has 1 aliphatic rings. The molecule has 0 saturated heterocycles. The molecule has 0 spiro atoms. The lowest BCUT2D eigenvalue weighted by molar-refractivity contribution is 0.354. The number of halogens is 1. The molecule has 1 aromatic heterocycles. The Morgan fingerprint density at radius 1 is 1.44 bits per heavy atom. The Labute approximate surface area is 98.1 Å². The highest BCUT2D eigenvalue weighted by Gasteiger charge is 2.24. The second-order valence-electron chi connectivity index (χ2n) is 3.90. The first-order valence-electron chi connectivity index (χ1n) is 5.36. The van der Waals surface area contributed by atoms with Crippen LogP contribution in [0.2, 0.25) is 5.02 Å². The van der Waals surface area contributed by atoms with Gasteiger partial charge in [0, 0.05) is 22.9 Å². The van der Waals surface area contributed by atoms with Gasteiger partial charge in [-0.3, -0.25) is 0 Å². The maximum absolute atomic E-state index is 6.30. The van der Waals surface area contributed by atoms with Gasteiger partial charge in [0.1, 0.15) is 5.75 Å². The predicted molar refractivity (Wildman–Crippen MR) is 63.2 cm³/mol. The van der Waals surface area contributed by atoms with Crippen LogP contribution in [0.3, 0.4) is 0 Å². The van der Waals surface area contributed by atoms with Crippen molar-refractivity contribution in [2.24, 2.45) is 5.73 Å². The number of ether oxygens (including phenoxy) is 1. The molecule has 3 rings (SSSR count). The SMILES string of the molecule is NCCc1c2c(c(Cl)c3occc13)CCO2. The molecule has 0 bridgehead atoms. The molecule has 84 valence electrons. The van der Waals surface area contributed by atoms with Crippen LogP contribution in [0.1, 0.15) is 11.1 Å². The van der Waals surface area contributed by atoms with E-state index in [4.69, 9.17) is 26.5 Å². The smallest absolute Gasteiger partial charge is 0.153 e. The average molecular weight is 238 g/mol. The average Bonchev–Trinajstić information content (AvgIpc) is 2.92. The standard InChI is InChI=1S/C12H12ClNO2/c13-10-9-3-6-15-11(9)7(1-4-14)8-2-5-16-12(8)10/h2,5H,1,3-4,6,14H2. The Morgan fingerprint density at radius 2 is 2.31 bits per heavy atom. The maximum atomic E-state index is 6.30. The van der Waals surface area contributed by atoms with Crippen LogP contribution >= 0.6 is 11.6 Å². The van der Waals surface area contributed by atoms with Crippen LogP contribution in [0.5, 0.6) is 5.75 Å². The summed E-state index contributed by atoms with van der Waals surface area (Å²) in [5, 5.41) is 1.71. The molecule has 0 radical (unpaired) electrons. The van der Waals surface area contributed by atoms with Crippen LogP contribution in [0.15, 0.2) is 16.7 Å². The normalized spacial score (nSPS) is 14.1. The molecule has 0 saturated carbocycles. The molecule has 0 unspecified atom stereocenters. The van der Waals surface area contributed by atoms with Gasteiger partial charge in [0.15, 0.2) is 5.58 Å². The van der Waals surface area contributed by atoms with Crippen LogP contribution in [-0.4, -0.2) is 13.2 Å². The van der Waals surface area contributed by atoms with Crippen molar-refractivity contribution in [3.05, 3.63) is 28.5 Å².